The molecule has 3 unspecified atom stereocenters. The summed E-state index contributed by atoms with van der Waals surface area (Å²) in [6, 6.07) is 20.4. The van der Waals surface area contributed by atoms with E-state index in [0.29, 0.717) is 51.6 Å². The molecule has 3 aromatic rings. The first kappa shape index (κ1) is 43.5. The molecule has 0 aliphatic carbocycles. The minimum Gasteiger partial charge on any atom is 0 e. The van der Waals surface area contributed by atoms with Gasteiger partial charge in [-0.2, -0.15) is 0 Å². The van der Waals surface area contributed by atoms with Crippen molar-refractivity contribution < 1.29 is 70.3 Å². The van der Waals surface area contributed by atoms with Crippen LogP contribution in [0, 0.1) is 0 Å². The summed E-state index contributed by atoms with van der Waals surface area (Å²) in [6.07, 6.45) is 4.28. The summed E-state index contributed by atoms with van der Waals surface area (Å²) in [5.41, 5.74) is 2.99. The van der Waals surface area contributed by atoms with Gasteiger partial charge in [-0.25, -0.2) is 0 Å². The van der Waals surface area contributed by atoms with E-state index in [1.807, 2.05) is 0 Å². The Kier molecular flexibility index (Phi) is 23.4. The van der Waals surface area contributed by atoms with Crippen LogP contribution >= 0.6 is 0 Å². The summed E-state index contributed by atoms with van der Waals surface area (Å²) in [4.78, 5) is 30.8. The number of hydrogen-bond donors (Lipinski definition) is 6. The van der Waals surface area contributed by atoms with E-state index in [0.717, 1.165) is 16.7 Å². The molecule has 0 aliphatic heterocycles. The minimum atomic E-state index is -3.00. The van der Waals surface area contributed by atoms with Gasteiger partial charge in [0.1, 0.15) is 0 Å². The molecule has 16 heteroatoms. The maximum atomic E-state index is 10.8. The molecular formula is C30H36As3FeO12. The van der Waals surface area contributed by atoms with Crippen LogP contribution in [-0.4, -0.2) is 90.3 Å². The van der Waals surface area contributed by atoms with Crippen LogP contribution in [0.15, 0.2) is 72.8 Å². The van der Waals surface area contributed by atoms with Crippen LogP contribution in [0.2, 0.25) is 0 Å². The van der Waals surface area contributed by atoms with Crippen molar-refractivity contribution in [2.45, 2.75) is 57.8 Å². The number of carboxylic acid groups (broad SMARTS) is 3. The molecule has 0 saturated heterocycles. The van der Waals surface area contributed by atoms with Crippen LogP contribution < -0.4 is 13.1 Å². The maximum absolute atomic E-state index is 10.8. The zero-order valence-electron chi connectivity index (χ0n) is 24.6. The van der Waals surface area contributed by atoms with Gasteiger partial charge in [-0.3, -0.25) is 0 Å². The average molecular weight is 869 g/mol. The fourth-order valence-electron chi connectivity index (χ4n) is 3.70. The predicted molar refractivity (Wildman–Crippen MR) is 166 cm³/mol. The molecule has 3 atom stereocenters. The average Bonchev–Trinajstić information content (AvgIpc) is 2.98. The number of hydrogen-bond acceptors (Lipinski definition) is 6. The molecule has 6 N–H and O–H groups in total. The van der Waals surface area contributed by atoms with E-state index in [4.69, 9.17) is 27.6 Å². The smallest absolute Gasteiger partial charge is 0 e. The molecule has 0 aliphatic rings. The van der Waals surface area contributed by atoms with Crippen molar-refractivity contribution in [1.29, 1.82) is 0 Å². The summed E-state index contributed by atoms with van der Waals surface area (Å²) in [5.74, 6) is -2.39. The fraction of sp³-hybridized carbons (Fsp3) is 0.300. The first-order valence-electron chi connectivity index (χ1n) is 13.7. The van der Waals surface area contributed by atoms with Crippen LogP contribution in [0.4, 0.5) is 0 Å². The van der Waals surface area contributed by atoms with Crippen LogP contribution in [0.1, 0.15) is 55.2 Å². The number of benzene rings is 3. The normalized spacial score (nSPS) is 10.9. The Morgan fingerprint density at radius 1 is 0.435 bits per heavy atom. The first-order valence-corrected chi connectivity index (χ1v) is 21.3. The number of rotatable bonds is 15. The molecule has 251 valence electrons. The predicted octanol–water partition coefficient (Wildman–Crippen LogP) is 0.633. The van der Waals surface area contributed by atoms with E-state index in [1.54, 1.807) is 72.8 Å². The van der Waals surface area contributed by atoms with Crippen molar-refractivity contribution >= 4 is 75.8 Å². The molecule has 0 bridgehead atoms. The van der Waals surface area contributed by atoms with E-state index in [2.05, 4.69) is 0 Å². The Labute approximate surface area is 291 Å². The molecule has 3 aromatic carbocycles. The molecule has 0 saturated carbocycles. The van der Waals surface area contributed by atoms with Crippen molar-refractivity contribution in [2.75, 3.05) is 0 Å². The van der Waals surface area contributed by atoms with Crippen LogP contribution in [0.25, 0.3) is 0 Å². The molecule has 12 nitrogen and oxygen atoms in total. The molecular weight excluding hydrogens is 833 g/mol. The molecule has 0 spiro atoms. The zero-order valence-corrected chi connectivity index (χ0v) is 31.4. The molecule has 46 heavy (non-hydrogen) atoms. The summed E-state index contributed by atoms with van der Waals surface area (Å²) >= 11 is -9.00. The van der Waals surface area contributed by atoms with Gasteiger partial charge < -0.3 is 0 Å². The van der Waals surface area contributed by atoms with Crippen LogP contribution in [-0.2, 0) is 61.9 Å². The van der Waals surface area contributed by atoms with Gasteiger partial charge in [0, 0.05) is 17.1 Å². The monoisotopic (exact) mass is 869 g/mol. The summed E-state index contributed by atoms with van der Waals surface area (Å²) in [6.45, 7) is 0. The van der Waals surface area contributed by atoms with Gasteiger partial charge >= 0.3 is 276 Å². The second-order valence-corrected chi connectivity index (χ2v) is 16.2. The van der Waals surface area contributed by atoms with Crippen molar-refractivity contribution in [1.82, 2.24) is 0 Å². The second kappa shape index (κ2) is 24.7. The third-order valence-corrected chi connectivity index (χ3v) is 10.7. The van der Waals surface area contributed by atoms with E-state index < -0.39 is 62.7 Å². The fourth-order valence-corrected chi connectivity index (χ4v) is 6.25. The number of carboxylic acids is 3. The van der Waals surface area contributed by atoms with E-state index in [-0.39, 0.29) is 36.3 Å². The van der Waals surface area contributed by atoms with Crippen molar-refractivity contribution in [3.05, 3.63) is 89.5 Å². The van der Waals surface area contributed by atoms with E-state index in [1.165, 1.54) is 0 Å². The Morgan fingerprint density at radius 3 is 0.783 bits per heavy atom. The standard InChI is InChI=1S/3C10H12AsO4.Fe/c3*12-10(13)3-1-2-8-4-6-9(7-5-8)11(14)15;/h3*4-7H,1-3H2,(H,12,13)(H,14,15);. The first-order chi connectivity index (χ1) is 21.3. The Hall–Kier alpha value is -2.46. The van der Waals surface area contributed by atoms with Crippen molar-refractivity contribution in [3.8, 4) is 0 Å². The third-order valence-electron chi connectivity index (χ3n) is 6.04. The van der Waals surface area contributed by atoms with Crippen LogP contribution in [0.3, 0.4) is 0 Å². The van der Waals surface area contributed by atoms with E-state index >= 15 is 0 Å². The van der Waals surface area contributed by atoms with Gasteiger partial charge in [0.2, 0.25) is 0 Å². The SMILES string of the molecule is O=C(O)CCCc1ccc([As](=O)O)cc1.O=C(O)CCCc1ccc([As](=O)O)cc1.O=C(O)CCCc1ccc([As](=O)O)cc1.[Fe]. The maximum Gasteiger partial charge on any atom is 0 e. The van der Waals surface area contributed by atoms with Crippen LogP contribution in [0.5, 0.6) is 0 Å². The number of aliphatic carboxylic acids is 3. The third kappa shape index (κ3) is 20.6. The molecule has 0 aromatic heterocycles. The molecule has 0 amide bonds. The van der Waals surface area contributed by atoms with Crippen molar-refractivity contribution in [3.63, 3.8) is 0 Å². The molecule has 3 rings (SSSR count). The van der Waals surface area contributed by atoms with Gasteiger partial charge in [0.25, 0.3) is 0 Å². The van der Waals surface area contributed by atoms with Gasteiger partial charge in [-0.1, -0.05) is 0 Å². The Bertz CT molecular complexity index is 1260. The van der Waals surface area contributed by atoms with Gasteiger partial charge in [0.15, 0.2) is 0 Å². The topological polar surface area (TPSA) is 224 Å². The minimum absolute atomic E-state index is 0. The van der Waals surface area contributed by atoms with Crippen molar-refractivity contribution in [2.24, 2.45) is 0 Å². The summed E-state index contributed by atoms with van der Waals surface area (Å²) < 4.78 is 60.4. The van der Waals surface area contributed by atoms with Gasteiger partial charge in [-0.05, 0) is 0 Å². The van der Waals surface area contributed by atoms with Gasteiger partial charge in [0.05, 0.1) is 0 Å². The number of carbonyl (C=O) groups is 3. The Morgan fingerprint density at radius 2 is 0.630 bits per heavy atom. The molecule has 0 heterocycles. The molecule has 3 radical (unpaired) electrons. The summed E-state index contributed by atoms with van der Waals surface area (Å²) in [5, 5.41) is 25.3. The largest absolute Gasteiger partial charge is 0 e. The second-order valence-electron chi connectivity index (χ2n) is 9.56. The quantitative estimate of drug-likeness (QED) is 0.116. The Balaban J connectivity index is 0.000000653. The zero-order chi connectivity index (χ0) is 33.8. The van der Waals surface area contributed by atoms with Gasteiger partial charge in [-0.15, -0.1) is 0 Å². The summed E-state index contributed by atoms with van der Waals surface area (Å²) in [7, 11) is 0. The van der Waals surface area contributed by atoms with E-state index in [9.17, 15) is 25.6 Å². The molecule has 0 fully saturated rings. The number of aryl methyl sites for hydroxylation is 3.